The minimum absolute atomic E-state index is 0.316. The first-order valence-corrected chi connectivity index (χ1v) is 4.99. The summed E-state index contributed by atoms with van der Waals surface area (Å²) in [7, 11) is 0.334. The Kier molecular flexibility index (Phi) is 4.23. The topological polar surface area (TPSA) is 78.9 Å². The molecule has 2 amide bonds. The number of hydrogen-bond donors (Lipinski definition) is 2. The summed E-state index contributed by atoms with van der Waals surface area (Å²) in [6, 6.07) is -0.429. The van der Waals surface area contributed by atoms with Gasteiger partial charge in [0, 0.05) is 21.2 Å². The van der Waals surface area contributed by atoms with Gasteiger partial charge in [0.05, 0.1) is 0 Å². The van der Waals surface area contributed by atoms with Gasteiger partial charge in [-0.3, -0.25) is 4.57 Å². The van der Waals surface area contributed by atoms with Crippen LogP contribution in [0.25, 0.3) is 0 Å². The highest BCUT2D eigenvalue weighted by Gasteiger charge is 2.22. The van der Waals surface area contributed by atoms with Crippen LogP contribution in [0.15, 0.2) is 0 Å². The third kappa shape index (κ3) is 3.71. The fourth-order valence-electron chi connectivity index (χ4n) is 0.581. The molecule has 0 rings (SSSR count). The number of nitrogens with one attached hydrogen (secondary N) is 1. The number of urea groups is 1. The second-order valence-corrected chi connectivity index (χ2v) is 4.14. The van der Waals surface area contributed by atoms with Gasteiger partial charge >= 0.3 is 13.6 Å². The van der Waals surface area contributed by atoms with Crippen molar-refractivity contribution in [2.24, 2.45) is 0 Å². The second-order valence-electron chi connectivity index (χ2n) is 2.21. The normalized spacial score (nSPS) is 15.0. The lowest BCUT2D eigenvalue weighted by Crippen LogP contribution is -2.35. The van der Waals surface area contributed by atoms with E-state index < -0.39 is 13.6 Å². The van der Waals surface area contributed by atoms with Crippen molar-refractivity contribution in [1.82, 2.24) is 10.2 Å². The highest BCUT2D eigenvalue weighted by atomic mass is 31.2. The molecule has 0 aromatic carbocycles. The molecular formula is C5H13N2O4P. The summed E-state index contributed by atoms with van der Waals surface area (Å²) in [5.41, 5.74) is 0. The zero-order chi connectivity index (χ0) is 9.78. The van der Waals surface area contributed by atoms with Crippen molar-refractivity contribution in [3.63, 3.8) is 0 Å². The van der Waals surface area contributed by atoms with Crippen molar-refractivity contribution >= 4 is 13.6 Å². The molecule has 72 valence electrons. The van der Waals surface area contributed by atoms with E-state index in [2.05, 4.69) is 9.84 Å². The van der Waals surface area contributed by atoms with Gasteiger partial charge in [0.25, 0.3) is 0 Å². The van der Waals surface area contributed by atoms with Crippen LogP contribution < -0.4 is 5.32 Å². The van der Waals surface area contributed by atoms with E-state index >= 15 is 0 Å². The lowest BCUT2D eigenvalue weighted by molar-refractivity contribution is 0.211. The third-order valence-electron chi connectivity index (χ3n) is 1.24. The van der Waals surface area contributed by atoms with E-state index in [-0.39, 0.29) is 6.29 Å². The van der Waals surface area contributed by atoms with Crippen LogP contribution >= 0.6 is 7.60 Å². The van der Waals surface area contributed by atoms with Gasteiger partial charge in [0.2, 0.25) is 0 Å². The molecule has 0 fully saturated rings. The van der Waals surface area contributed by atoms with Crippen molar-refractivity contribution in [2.45, 2.75) is 0 Å². The smallest absolute Gasteiger partial charge is 0.341 e. The fourth-order valence-corrected chi connectivity index (χ4v) is 1.36. The molecule has 0 aliphatic rings. The number of hydrogen-bond acceptors (Lipinski definition) is 3. The Morgan fingerprint density at radius 3 is 2.58 bits per heavy atom. The Hall–Kier alpha value is -0.580. The molecule has 0 saturated heterocycles. The zero-order valence-corrected chi connectivity index (χ0v) is 8.17. The van der Waals surface area contributed by atoms with Crippen LogP contribution in [0.5, 0.6) is 0 Å². The summed E-state index contributed by atoms with van der Waals surface area (Å²) in [6.07, 6.45) is -0.316. The summed E-state index contributed by atoms with van der Waals surface area (Å²) in [6.45, 7) is 0. The van der Waals surface area contributed by atoms with Crippen molar-refractivity contribution < 1.29 is 18.8 Å². The second kappa shape index (κ2) is 4.45. The van der Waals surface area contributed by atoms with Crippen molar-refractivity contribution in [1.29, 1.82) is 0 Å². The maximum absolute atomic E-state index is 10.9. The molecule has 1 unspecified atom stereocenters. The van der Waals surface area contributed by atoms with Crippen LogP contribution in [0.4, 0.5) is 4.79 Å². The first-order chi connectivity index (χ1) is 5.43. The van der Waals surface area contributed by atoms with Crippen molar-refractivity contribution in [3.05, 3.63) is 0 Å². The summed E-state index contributed by atoms with van der Waals surface area (Å²) < 4.78 is 15.2. The van der Waals surface area contributed by atoms with Crippen LogP contribution in [0.1, 0.15) is 0 Å². The first-order valence-electron chi connectivity index (χ1n) is 3.23. The summed E-state index contributed by atoms with van der Waals surface area (Å²) in [4.78, 5) is 20.9. The van der Waals surface area contributed by atoms with Crippen LogP contribution in [0, 0.1) is 0 Å². The maximum atomic E-state index is 10.9. The molecular weight excluding hydrogens is 183 g/mol. The Labute approximate surface area is 71.0 Å². The molecule has 7 heteroatoms. The van der Waals surface area contributed by atoms with Gasteiger partial charge in [0.15, 0.2) is 0 Å². The van der Waals surface area contributed by atoms with E-state index in [4.69, 9.17) is 4.89 Å². The molecule has 0 heterocycles. The van der Waals surface area contributed by atoms with E-state index in [0.29, 0.717) is 0 Å². The van der Waals surface area contributed by atoms with Crippen LogP contribution in [-0.2, 0) is 9.09 Å². The first kappa shape index (κ1) is 11.4. The molecule has 1 atom stereocenters. The molecule has 12 heavy (non-hydrogen) atoms. The molecule has 0 spiro atoms. The van der Waals surface area contributed by atoms with E-state index in [1.54, 1.807) is 0 Å². The molecule has 6 nitrogen and oxygen atoms in total. The average Bonchev–Trinajstić information content (AvgIpc) is 2.02. The Balaban J connectivity index is 4.09. The molecule has 2 N–H and O–H groups in total. The van der Waals surface area contributed by atoms with Gasteiger partial charge in [-0.15, -0.1) is 0 Å². The Morgan fingerprint density at radius 2 is 2.25 bits per heavy atom. The summed E-state index contributed by atoms with van der Waals surface area (Å²) in [5, 5.41) is 2.31. The van der Waals surface area contributed by atoms with E-state index in [0.717, 1.165) is 12.0 Å². The fraction of sp³-hybridized carbons (Fsp3) is 0.800. The highest BCUT2D eigenvalue weighted by molar-refractivity contribution is 7.52. The molecule has 0 aliphatic carbocycles. The monoisotopic (exact) mass is 196 g/mol. The molecule has 0 aromatic rings. The summed E-state index contributed by atoms with van der Waals surface area (Å²) in [5.74, 6) is 0. The van der Waals surface area contributed by atoms with E-state index in [1.165, 1.54) is 14.1 Å². The molecule has 0 bridgehead atoms. The third-order valence-corrected chi connectivity index (χ3v) is 2.59. The van der Waals surface area contributed by atoms with Crippen LogP contribution in [0.3, 0.4) is 0 Å². The molecule has 0 aliphatic heterocycles. The Bertz CT molecular complexity index is 208. The van der Waals surface area contributed by atoms with Crippen molar-refractivity contribution in [3.8, 4) is 0 Å². The van der Waals surface area contributed by atoms with Gasteiger partial charge in [0.1, 0.15) is 6.29 Å². The zero-order valence-electron chi connectivity index (χ0n) is 7.27. The maximum Gasteiger partial charge on any atom is 0.347 e. The highest BCUT2D eigenvalue weighted by Crippen LogP contribution is 2.40. The predicted molar refractivity (Wildman–Crippen MR) is 43.9 cm³/mol. The predicted octanol–water partition coefficient (Wildman–Crippen LogP) is 0.0469. The van der Waals surface area contributed by atoms with Gasteiger partial charge in [-0.2, -0.15) is 0 Å². The minimum Gasteiger partial charge on any atom is -0.341 e. The largest absolute Gasteiger partial charge is 0.347 e. The quantitative estimate of drug-likeness (QED) is 0.625. The van der Waals surface area contributed by atoms with E-state index in [1.807, 2.05) is 0 Å². The van der Waals surface area contributed by atoms with Crippen LogP contribution in [0.2, 0.25) is 0 Å². The number of rotatable bonds is 3. The SMILES string of the molecule is CNC(=O)N(C)CP(=O)(O)OC. The summed E-state index contributed by atoms with van der Waals surface area (Å²) >= 11 is 0. The van der Waals surface area contributed by atoms with Crippen molar-refractivity contribution in [2.75, 3.05) is 27.5 Å². The van der Waals surface area contributed by atoms with Gasteiger partial charge in [-0.1, -0.05) is 0 Å². The Morgan fingerprint density at radius 1 is 1.75 bits per heavy atom. The van der Waals surface area contributed by atoms with Gasteiger partial charge in [-0.25, -0.2) is 4.79 Å². The minimum atomic E-state index is -3.63. The lowest BCUT2D eigenvalue weighted by Gasteiger charge is -2.18. The number of carbonyl (C=O) groups is 1. The van der Waals surface area contributed by atoms with Gasteiger partial charge < -0.3 is 19.6 Å². The molecule has 0 aromatic heterocycles. The van der Waals surface area contributed by atoms with E-state index in [9.17, 15) is 9.36 Å². The number of carbonyl (C=O) groups excluding carboxylic acids is 1. The number of nitrogens with zero attached hydrogens (tertiary/aromatic N) is 1. The van der Waals surface area contributed by atoms with Gasteiger partial charge in [-0.05, 0) is 0 Å². The number of amides is 2. The van der Waals surface area contributed by atoms with Crippen LogP contribution in [-0.4, -0.2) is 43.3 Å². The molecule has 0 saturated carbocycles. The lowest BCUT2D eigenvalue weighted by atomic mass is 10.8. The average molecular weight is 196 g/mol. The molecule has 0 radical (unpaired) electrons. The standard InChI is InChI=1S/C5H13N2O4P/c1-6-5(8)7(2)4-12(9,10)11-3/h4H2,1-3H3,(H,6,8)(H,9,10).